The topological polar surface area (TPSA) is 89.6 Å². The molecule has 2 aromatic rings. The average Bonchev–Trinajstić information content (AvgIpc) is 3.07. The van der Waals surface area contributed by atoms with Crippen LogP contribution in [-0.2, 0) is 4.79 Å². The maximum atomic E-state index is 11.3. The first-order valence-electron chi connectivity index (χ1n) is 5.90. The zero-order valence-electron chi connectivity index (χ0n) is 11.0. The Bertz CT molecular complexity index is 718. The van der Waals surface area contributed by atoms with Crippen molar-refractivity contribution in [2.24, 2.45) is 4.99 Å². The lowest BCUT2D eigenvalue weighted by Crippen LogP contribution is -2.19. The molecule has 1 saturated heterocycles. The highest BCUT2D eigenvalue weighted by Gasteiger charge is 2.22. The van der Waals surface area contributed by atoms with Gasteiger partial charge in [0.25, 0.3) is 5.91 Å². The van der Waals surface area contributed by atoms with Crippen LogP contribution >= 0.6 is 11.8 Å². The molecule has 106 valence electrons. The molecule has 0 aliphatic carbocycles. The molecule has 2 heterocycles. The Balaban J connectivity index is 1.81. The Morgan fingerprint density at radius 1 is 1.33 bits per heavy atom. The number of methoxy groups -OCH3 is 1. The summed E-state index contributed by atoms with van der Waals surface area (Å²) in [5.74, 6) is 0.807. The monoisotopic (exact) mass is 302 g/mol. The second-order valence-electron chi connectivity index (χ2n) is 4.01. The molecule has 1 aliphatic rings. The number of rotatable bonds is 3. The van der Waals surface area contributed by atoms with E-state index in [0.29, 0.717) is 16.0 Å². The van der Waals surface area contributed by atoms with Crippen LogP contribution in [0.5, 0.6) is 5.75 Å². The second kappa shape index (κ2) is 5.41. The van der Waals surface area contributed by atoms with Crippen LogP contribution < -0.4 is 10.1 Å². The molecule has 7 nitrogen and oxygen atoms in total. The lowest BCUT2D eigenvalue weighted by Gasteiger charge is -1.98. The van der Waals surface area contributed by atoms with Gasteiger partial charge >= 0.3 is 6.01 Å². The minimum Gasteiger partial charge on any atom is -0.497 e. The zero-order chi connectivity index (χ0) is 14.8. The molecule has 3 rings (SSSR count). The first kappa shape index (κ1) is 13.4. The molecule has 1 aliphatic heterocycles. The van der Waals surface area contributed by atoms with E-state index in [1.165, 1.54) is 0 Å². The average molecular weight is 302 g/mol. The number of aromatic nitrogens is 2. The van der Waals surface area contributed by atoms with Crippen molar-refractivity contribution in [3.05, 3.63) is 35.7 Å². The van der Waals surface area contributed by atoms with Crippen LogP contribution in [0.3, 0.4) is 0 Å². The van der Waals surface area contributed by atoms with E-state index in [4.69, 9.17) is 9.15 Å². The molecule has 21 heavy (non-hydrogen) atoms. The van der Waals surface area contributed by atoms with Gasteiger partial charge < -0.3 is 14.5 Å². The van der Waals surface area contributed by atoms with Crippen LogP contribution in [0.2, 0.25) is 0 Å². The van der Waals surface area contributed by atoms with Gasteiger partial charge in [-0.25, -0.2) is 0 Å². The van der Waals surface area contributed by atoms with Crippen LogP contribution in [-0.4, -0.2) is 28.4 Å². The van der Waals surface area contributed by atoms with Crippen molar-refractivity contribution in [1.82, 2.24) is 15.5 Å². The van der Waals surface area contributed by atoms with E-state index in [1.54, 1.807) is 31.4 Å². The third-order valence-electron chi connectivity index (χ3n) is 2.64. The van der Waals surface area contributed by atoms with Crippen molar-refractivity contribution in [1.29, 1.82) is 0 Å². The molecule has 0 atom stereocenters. The Kier molecular flexibility index (Phi) is 3.44. The lowest BCUT2D eigenvalue weighted by molar-refractivity contribution is -0.115. The number of benzene rings is 1. The van der Waals surface area contributed by atoms with Crippen molar-refractivity contribution < 1.29 is 13.9 Å². The van der Waals surface area contributed by atoms with Crippen LogP contribution in [0.25, 0.3) is 11.5 Å². The molecule has 1 amide bonds. The summed E-state index contributed by atoms with van der Waals surface area (Å²) < 4.78 is 10.5. The van der Waals surface area contributed by atoms with Gasteiger partial charge in [0, 0.05) is 5.56 Å². The molecule has 0 radical (unpaired) electrons. The number of carbonyl (C=O) groups is 1. The number of ether oxygens (including phenoxy) is 1. The van der Waals surface area contributed by atoms with Crippen molar-refractivity contribution in [2.45, 2.75) is 0 Å². The summed E-state index contributed by atoms with van der Waals surface area (Å²) in [5, 5.41) is 10.6. The van der Waals surface area contributed by atoms with Gasteiger partial charge in [0.15, 0.2) is 5.17 Å². The SMILES string of the molecule is C=C1S/C(=N/c2nnc(-c3ccc(OC)cc3)o2)NC1=O. The Morgan fingerprint density at radius 3 is 2.71 bits per heavy atom. The molecular weight excluding hydrogens is 292 g/mol. The fourth-order valence-corrected chi connectivity index (χ4v) is 2.25. The van der Waals surface area contributed by atoms with E-state index in [1.807, 2.05) is 0 Å². The van der Waals surface area contributed by atoms with Gasteiger partial charge in [0.2, 0.25) is 5.89 Å². The minimum absolute atomic E-state index is 0.0679. The van der Waals surface area contributed by atoms with E-state index < -0.39 is 0 Å². The molecule has 1 aromatic carbocycles. The first-order chi connectivity index (χ1) is 10.2. The summed E-state index contributed by atoms with van der Waals surface area (Å²) in [6.45, 7) is 3.59. The summed E-state index contributed by atoms with van der Waals surface area (Å²) in [6, 6.07) is 7.26. The van der Waals surface area contributed by atoms with Crippen LogP contribution in [0, 0.1) is 0 Å². The van der Waals surface area contributed by atoms with E-state index in [0.717, 1.165) is 23.1 Å². The predicted molar refractivity (Wildman–Crippen MR) is 78.3 cm³/mol. The maximum absolute atomic E-state index is 11.3. The third-order valence-corrected chi connectivity index (χ3v) is 3.46. The second-order valence-corrected chi connectivity index (χ2v) is 5.10. The number of hydrogen-bond acceptors (Lipinski definition) is 7. The lowest BCUT2D eigenvalue weighted by atomic mass is 10.2. The molecular formula is C13H10N4O3S. The molecule has 0 spiro atoms. The van der Waals surface area contributed by atoms with E-state index in [2.05, 4.69) is 27.1 Å². The number of carbonyl (C=O) groups excluding carboxylic acids is 1. The van der Waals surface area contributed by atoms with Crippen molar-refractivity contribution in [3.8, 4) is 17.2 Å². The summed E-state index contributed by atoms with van der Waals surface area (Å²) in [6.07, 6.45) is 0. The molecule has 1 aromatic heterocycles. The quantitative estimate of drug-likeness (QED) is 0.873. The van der Waals surface area contributed by atoms with Gasteiger partial charge in [-0.3, -0.25) is 4.79 Å². The number of nitrogens with one attached hydrogen (secondary N) is 1. The van der Waals surface area contributed by atoms with Crippen LogP contribution in [0.1, 0.15) is 0 Å². The first-order valence-corrected chi connectivity index (χ1v) is 6.72. The highest BCUT2D eigenvalue weighted by molar-refractivity contribution is 8.18. The van der Waals surface area contributed by atoms with E-state index >= 15 is 0 Å². The molecule has 0 bridgehead atoms. The highest BCUT2D eigenvalue weighted by Crippen LogP contribution is 2.26. The summed E-state index contributed by atoms with van der Waals surface area (Å²) in [5.41, 5.74) is 0.752. The molecule has 0 unspecified atom stereocenters. The number of amides is 1. The maximum Gasteiger partial charge on any atom is 0.345 e. The van der Waals surface area contributed by atoms with Gasteiger partial charge in [0.1, 0.15) is 5.75 Å². The third kappa shape index (κ3) is 2.79. The summed E-state index contributed by atoms with van der Waals surface area (Å²) in [4.78, 5) is 15.7. The number of nitrogens with zero attached hydrogens (tertiary/aromatic N) is 3. The molecule has 1 fully saturated rings. The van der Waals surface area contributed by atoms with Gasteiger partial charge in [0.05, 0.1) is 12.0 Å². The van der Waals surface area contributed by atoms with Crippen LogP contribution in [0.4, 0.5) is 6.01 Å². The minimum atomic E-state index is -0.270. The number of amidine groups is 1. The summed E-state index contributed by atoms with van der Waals surface area (Å²) in [7, 11) is 1.59. The standard InChI is InChI=1S/C13H10N4O3S/c1-7-10(18)14-13(21-7)15-12-17-16-11(20-12)8-3-5-9(19-2)6-4-8/h3-6H,1H2,2H3,(H,14,15,17,18). The van der Waals surface area contributed by atoms with Gasteiger partial charge in [-0.1, -0.05) is 11.7 Å². The van der Waals surface area contributed by atoms with E-state index in [9.17, 15) is 4.79 Å². The van der Waals surface area contributed by atoms with Crippen molar-refractivity contribution >= 4 is 28.9 Å². The molecule has 8 heteroatoms. The number of aliphatic imine (C=N–C) groups is 1. The summed E-state index contributed by atoms with van der Waals surface area (Å²) >= 11 is 1.13. The normalized spacial score (nSPS) is 16.3. The molecule has 0 saturated carbocycles. The van der Waals surface area contributed by atoms with Crippen molar-refractivity contribution in [2.75, 3.05) is 7.11 Å². The molecule has 1 N–H and O–H groups in total. The van der Waals surface area contributed by atoms with E-state index in [-0.39, 0.29) is 11.9 Å². The number of hydrogen-bond donors (Lipinski definition) is 1. The predicted octanol–water partition coefficient (Wildman–Crippen LogP) is 2.11. The smallest absolute Gasteiger partial charge is 0.345 e. The van der Waals surface area contributed by atoms with Gasteiger partial charge in [-0.2, -0.15) is 4.99 Å². The Labute approximate surface area is 124 Å². The van der Waals surface area contributed by atoms with Crippen LogP contribution in [0.15, 0.2) is 45.2 Å². The van der Waals surface area contributed by atoms with Gasteiger partial charge in [-0.05, 0) is 36.0 Å². The van der Waals surface area contributed by atoms with Crippen molar-refractivity contribution in [3.63, 3.8) is 0 Å². The number of thioether (sulfide) groups is 1. The fraction of sp³-hybridized carbons (Fsp3) is 0.0769. The largest absolute Gasteiger partial charge is 0.497 e. The fourth-order valence-electron chi connectivity index (χ4n) is 1.60. The van der Waals surface area contributed by atoms with Gasteiger partial charge in [-0.15, -0.1) is 5.10 Å². The highest BCUT2D eigenvalue weighted by atomic mass is 32.2. The Hall–Kier alpha value is -2.61. The zero-order valence-corrected chi connectivity index (χ0v) is 11.8. The Morgan fingerprint density at radius 2 is 2.10 bits per heavy atom.